The van der Waals surface area contributed by atoms with Crippen molar-refractivity contribution in [2.75, 3.05) is 0 Å². The molecule has 0 aliphatic heterocycles. The number of benzene rings is 2. The Labute approximate surface area is 202 Å². The van der Waals surface area contributed by atoms with Crippen LogP contribution in [-0.4, -0.2) is 27.7 Å². The molecule has 1 aromatic heterocycles. The van der Waals surface area contributed by atoms with Crippen LogP contribution in [0.4, 0.5) is 0 Å². The van der Waals surface area contributed by atoms with Gasteiger partial charge in [0.15, 0.2) is 0 Å². The number of rotatable bonds is 7. The van der Waals surface area contributed by atoms with Crippen LogP contribution in [0.1, 0.15) is 70.9 Å². The van der Waals surface area contributed by atoms with E-state index in [1.807, 2.05) is 62.4 Å². The lowest BCUT2D eigenvalue weighted by atomic mass is 9.93. The maximum absolute atomic E-state index is 13.9. The molecule has 1 aliphatic carbocycles. The molecule has 5 heteroatoms. The van der Waals surface area contributed by atoms with E-state index in [0.29, 0.717) is 12.2 Å². The molecule has 0 radical (unpaired) electrons. The third kappa shape index (κ3) is 5.71. The maximum Gasteiger partial charge on any atom is 0.273 e. The van der Waals surface area contributed by atoms with Crippen molar-refractivity contribution in [1.82, 2.24) is 15.2 Å². The van der Waals surface area contributed by atoms with Crippen LogP contribution < -0.4 is 5.32 Å². The molecule has 2 amide bonds. The predicted molar refractivity (Wildman–Crippen MR) is 134 cm³/mol. The van der Waals surface area contributed by atoms with Gasteiger partial charge in [-0.3, -0.25) is 14.6 Å². The van der Waals surface area contributed by atoms with Crippen LogP contribution in [0.2, 0.25) is 0 Å². The van der Waals surface area contributed by atoms with Gasteiger partial charge in [-0.2, -0.15) is 0 Å². The van der Waals surface area contributed by atoms with Gasteiger partial charge in [0.1, 0.15) is 11.7 Å². The quantitative estimate of drug-likeness (QED) is 0.509. The van der Waals surface area contributed by atoms with Gasteiger partial charge in [-0.25, -0.2) is 0 Å². The topological polar surface area (TPSA) is 62.3 Å². The van der Waals surface area contributed by atoms with Gasteiger partial charge in [-0.15, -0.1) is 0 Å². The minimum absolute atomic E-state index is 0.127. The molecule has 3 aromatic rings. The summed E-state index contributed by atoms with van der Waals surface area (Å²) in [6, 6.07) is 20.6. The Morgan fingerprint density at radius 2 is 1.65 bits per heavy atom. The fourth-order valence-corrected chi connectivity index (χ4v) is 4.68. The first kappa shape index (κ1) is 23.7. The summed E-state index contributed by atoms with van der Waals surface area (Å²) < 4.78 is 0. The summed E-state index contributed by atoms with van der Waals surface area (Å²) in [5.74, 6) is -0.384. The SMILES string of the molecule is Cc1ccc(CN(C(=O)c2ccccn2)[C@@H](C(=O)NC2CCCCC2)c2ccccc2C)cc1. The molecule has 1 N–H and O–H groups in total. The van der Waals surface area contributed by atoms with Gasteiger partial charge < -0.3 is 10.2 Å². The van der Waals surface area contributed by atoms with Gasteiger partial charge >= 0.3 is 0 Å². The molecule has 0 bridgehead atoms. The Kier molecular flexibility index (Phi) is 7.73. The van der Waals surface area contributed by atoms with Crippen molar-refractivity contribution in [3.63, 3.8) is 0 Å². The van der Waals surface area contributed by atoms with E-state index < -0.39 is 6.04 Å². The van der Waals surface area contributed by atoms with E-state index in [2.05, 4.69) is 10.3 Å². The maximum atomic E-state index is 13.9. The second-order valence-corrected chi connectivity index (χ2v) is 9.24. The summed E-state index contributed by atoms with van der Waals surface area (Å²) in [6.07, 6.45) is 7.05. The highest BCUT2D eigenvalue weighted by Crippen LogP contribution is 2.29. The van der Waals surface area contributed by atoms with Crippen LogP contribution in [0.3, 0.4) is 0 Å². The third-order valence-electron chi connectivity index (χ3n) is 6.61. The van der Waals surface area contributed by atoms with Crippen molar-refractivity contribution in [3.8, 4) is 0 Å². The third-order valence-corrected chi connectivity index (χ3v) is 6.61. The second-order valence-electron chi connectivity index (χ2n) is 9.24. The van der Waals surface area contributed by atoms with Crippen molar-refractivity contribution in [3.05, 3.63) is 101 Å². The molecule has 4 rings (SSSR count). The zero-order valence-electron chi connectivity index (χ0n) is 20.0. The lowest BCUT2D eigenvalue weighted by molar-refractivity contribution is -0.127. The van der Waals surface area contributed by atoms with E-state index in [0.717, 1.165) is 47.9 Å². The summed E-state index contributed by atoms with van der Waals surface area (Å²) >= 11 is 0. The highest BCUT2D eigenvalue weighted by molar-refractivity contribution is 5.96. The van der Waals surface area contributed by atoms with Crippen LogP contribution in [0, 0.1) is 13.8 Å². The lowest BCUT2D eigenvalue weighted by Gasteiger charge is -2.34. The minimum atomic E-state index is -0.751. The van der Waals surface area contributed by atoms with Crippen LogP contribution in [0.15, 0.2) is 72.9 Å². The van der Waals surface area contributed by atoms with Crippen molar-refractivity contribution in [2.24, 2.45) is 0 Å². The summed E-state index contributed by atoms with van der Waals surface area (Å²) in [7, 11) is 0. The van der Waals surface area contributed by atoms with Crippen LogP contribution in [0.25, 0.3) is 0 Å². The Morgan fingerprint density at radius 1 is 0.941 bits per heavy atom. The number of aromatic nitrogens is 1. The fourth-order valence-electron chi connectivity index (χ4n) is 4.68. The standard InChI is InChI=1S/C29H33N3O2/c1-21-15-17-23(18-16-21)20-32(29(34)26-14-8-9-19-30-26)27(25-13-7-6-10-22(25)2)28(33)31-24-11-4-3-5-12-24/h6-10,13-19,24,27H,3-5,11-12,20H2,1-2H3,(H,31,33)/t27-/m1/s1. The fraction of sp³-hybridized carbons (Fsp3) is 0.345. The number of carbonyl (C=O) groups is 2. The van der Waals surface area contributed by atoms with E-state index in [1.165, 1.54) is 6.42 Å². The molecule has 1 atom stereocenters. The number of carbonyl (C=O) groups excluding carboxylic acids is 2. The van der Waals surface area contributed by atoms with Gasteiger partial charge in [0.05, 0.1) is 0 Å². The zero-order chi connectivity index (χ0) is 23.9. The van der Waals surface area contributed by atoms with Gasteiger partial charge in [0.2, 0.25) is 5.91 Å². The number of aryl methyl sites for hydroxylation is 2. The van der Waals surface area contributed by atoms with Crippen LogP contribution in [-0.2, 0) is 11.3 Å². The number of hydrogen-bond donors (Lipinski definition) is 1. The molecule has 2 aromatic carbocycles. The van der Waals surface area contributed by atoms with Gasteiger partial charge in [-0.1, -0.05) is 79.4 Å². The largest absolute Gasteiger partial charge is 0.351 e. The van der Waals surface area contributed by atoms with Crippen molar-refractivity contribution < 1.29 is 9.59 Å². The summed E-state index contributed by atoms with van der Waals surface area (Å²) in [5.41, 5.74) is 4.27. The molecule has 1 aliphatic rings. The molecule has 1 heterocycles. The van der Waals surface area contributed by atoms with E-state index in [-0.39, 0.29) is 17.9 Å². The average molecular weight is 456 g/mol. The molecule has 0 spiro atoms. The number of hydrogen-bond acceptors (Lipinski definition) is 3. The zero-order valence-corrected chi connectivity index (χ0v) is 20.0. The molecular weight excluding hydrogens is 422 g/mol. The minimum Gasteiger partial charge on any atom is -0.351 e. The second kappa shape index (κ2) is 11.1. The van der Waals surface area contributed by atoms with Crippen molar-refractivity contribution >= 4 is 11.8 Å². The molecule has 34 heavy (non-hydrogen) atoms. The Bertz CT molecular complexity index is 1110. The Morgan fingerprint density at radius 3 is 2.32 bits per heavy atom. The number of nitrogens with one attached hydrogen (secondary N) is 1. The molecule has 0 unspecified atom stereocenters. The molecule has 5 nitrogen and oxygen atoms in total. The van der Waals surface area contributed by atoms with E-state index in [4.69, 9.17) is 0 Å². The monoisotopic (exact) mass is 455 g/mol. The van der Waals surface area contributed by atoms with Gasteiger partial charge in [0.25, 0.3) is 5.91 Å². The van der Waals surface area contributed by atoms with Crippen LogP contribution >= 0.6 is 0 Å². The highest BCUT2D eigenvalue weighted by Gasteiger charge is 2.34. The Hall–Kier alpha value is -3.47. The van der Waals surface area contributed by atoms with Gasteiger partial charge in [0, 0.05) is 18.8 Å². The summed E-state index contributed by atoms with van der Waals surface area (Å²) in [6.45, 7) is 4.34. The Balaban J connectivity index is 1.75. The predicted octanol–water partition coefficient (Wildman–Crippen LogP) is 5.53. The first-order valence-electron chi connectivity index (χ1n) is 12.2. The average Bonchev–Trinajstić information content (AvgIpc) is 2.86. The first-order chi connectivity index (χ1) is 16.5. The summed E-state index contributed by atoms with van der Waals surface area (Å²) in [5, 5.41) is 3.27. The molecule has 176 valence electrons. The first-order valence-corrected chi connectivity index (χ1v) is 12.2. The number of nitrogens with zero attached hydrogens (tertiary/aromatic N) is 2. The van der Waals surface area contributed by atoms with Crippen LogP contribution in [0.5, 0.6) is 0 Å². The van der Waals surface area contributed by atoms with Crippen molar-refractivity contribution in [1.29, 1.82) is 0 Å². The normalized spacial score (nSPS) is 14.9. The number of amides is 2. The molecule has 1 fully saturated rings. The van der Waals surface area contributed by atoms with E-state index in [9.17, 15) is 9.59 Å². The smallest absolute Gasteiger partial charge is 0.273 e. The summed E-state index contributed by atoms with van der Waals surface area (Å²) in [4.78, 5) is 33.7. The number of pyridine rings is 1. The van der Waals surface area contributed by atoms with E-state index >= 15 is 0 Å². The molecule has 1 saturated carbocycles. The lowest BCUT2D eigenvalue weighted by Crippen LogP contribution is -2.47. The molecular formula is C29H33N3O2. The molecule has 0 saturated heterocycles. The highest BCUT2D eigenvalue weighted by atomic mass is 16.2. The van der Waals surface area contributed by atoms with Gasteiger partial charge in [-0.05, 0) is 55.5 Å². The van der Waals surface area contributed by atoms with E-state index in [1.54, 1.807) is 29.3 Å². The van der Waals surface area contributed by atoms with Crippen molar-refractivity contribution in [2.45, 2.75) is 64.6 Å².